The first-order valence-electron chi connectivity index (χ1n) is 26.2. The molecule has 362 valence electrons. The van der Waals surface area contributed by atoms with Gasteiger partial charge in [0.15, 0.2) is 5.58 Å². The Hall–Kier alpha value is -6.47. The van der Waals surface area contributed by atoms with E-state index in [4.69, 9.17) is 4.42 Å². The van der Waals surface area contributed by atoms with Crippen molar-refractivity contribution in [2.75, 3.05) is 4.90 Å². The van der Waals surface area contributed by atoms with Crippen LogP contribution in [0.4, 0.5) is 17.1 Å². The molecule has 0 aliphatic heterocycles. The zero-order chi connectivity index (χ0) is 50.9. The first-order chi connectivity index (χ1) is 34.0. The van der Waals surface area contributed by atoms with Crippen LogP contribution in [0.5, 0.6) is 0 Å². The van der Waals surface area contributed by atoms with Crippen molar-refractivity contribution in [3.8, 4) is 11.1 Å². The number of rotatable bonds is 8. The second-order valence-corrected chi connectivity index (χ2v) is 35.6. The predicted octanol–water partition coefficient (Wildman–Crippen LogP) is 18.5. The minimum Gasteiger partial charge on any atom is -0.454 e. The van der Waals surface area contributed by atoms with E-state index in [1.54, 1.807) is 0 Å². The van der Waals surface area contributed by atoms with Gasteiger partial charge in [0.05, 0.1) is 21.8 Å². The summed E-state index contributed by atoms with van der Waals surface area (Å²) in [5, 5.41) is 10.4. The fourth-order valence-corrected chi connectivity index (χ4v) is 14.1. The molecule has 0 saturated carbocycles. The standard InChI is InChI=1S/C68H71NOSi2/c1-66(2,3)46-28-23-43(24-29-46)60(44-25-36-50(37-26-44)71(9,10)11)45-27-40-56-59(41-45)70-65-58(69(48-32-30-47(31-33-48)67(4,5)6)49-34-38-51(39-35-49)72(12,13)14)42-57-63(62(56)65)61-54-21-17-15-19-52(54)53-20-16-18-22-55(53)64(61)68(57,7)8/h15-42,60H,1-14H3. The lowest BCUT2D eigenvalue weighted by Gasteiger charge is -2.30. The number of hydrogen-bond donors (Lipinski definition) is 0. The quantitative estimate of drug-likeness (QED) is 0.0857. The minimum absolute atomic E-state index is 0.00942. The van der Waals surface area contributed by atoms with Crippen LogP contribution in [-0.4, -0.2) is 16.1 Å². The number of hydrogen-bond acceptors (Lipinski definition) is 2. The van der Waals surface area contributed by atoms with Gasteiger partial charge in [-0.2, -0.15) is 0 Å². The van der Waals surface area contributed by atoms with E-state index < -0.39 is 16.1 Å². The second kappa shape index (κ2) is 16.8. The summed E-state index contributed by atoms with van der Waals surface area (Å²) >= 11 is 0. The predicted molar refractivity (Wildman–Crippen MR) is 318 cm³/mol. The molecule has 0 radical (unpaired) electrons. The summed E-state index contributed by atoms with van der Waals surface area (Å²) < 4.78 is 7.63. The van der Waals surface area contributed by atoms with Crippen LogP contribution in [0.2, 0.25) is 39.3 Å². The van der Waals surface area contributed by atoms with Crippen molar-refractivity contribution in [3.63, 3.8) is 0 Å². The smallest absolute Gasteiger partial charge is 0.160 e. The molecular formula is C68H71NOSi2. The van der Waals surface area contributed by atoms with Crippen LogP contribution < -0.4 is 15.3 Å². The summed E-state index contributed by atoms with van der Waals surface area (Å²) in [7, 11) is -3.09. The summed E-state index contributed by atoms with van der Waals surface area (Å²) in [5.41, 5.74) is 16.6. The highest BCUT2D eigenvalue weighted by molar-refractivity contribution is 6.89. The Bertz CT molecular complexity index is 3600. The lowest BCUT2D eigenvalue weighted by atomic mass is 9.79. The second-order valence-electron chi connectivity index (χ2n) is 25.5. The Morgan fingerprint density at radius 2 is 0.903 bits per heavy atom. The van der Waals surface area contributed by atoms with Gasteiger partial charge < -0.3 is 9.32 Å². The van der Waals surface area contributed by atoms with E-state index >= 15 is 0 Å². The molecule has 0 spiro atoms. The summed E-state index contributed by atoms with van der Waals surface area (Å²) in [6.45, 7) is 33.2. The first kappa shape index (κ1) is 47.8. The van der Waals surface area contributed by atoms with Gasteiger partial charge in [0.25, 0.3) is 0 Å². The van der Waals surface area contributed by atoms with Crippen molar-refractivity contribution < 1.29 is 4.42 Å². The highest BCUT2D eigenvalue weighted by atomic mass is 28.3. The van der Waals surface area contributed by atoms with Crippen LogP contribution in [0, 0.1) is 0 Å². The molecule has 11 rings (SSSR count). The Labute approximate surface area is 430 Å². The molecule has 0 fully saturated rings. The molecule has 1 atom stereocenters. The lowest BCUT2D eigenvalue weighted by Crippen LogP contribution is -2.37. The number of benzene rings is 9. The van der Waals surface area contributed by atoms with E-state index in [9.17, 15) is 0 Å². The normalized spacial score (nSPS) is 14.3. The lowest BCUT2D eigenvalue weighted by molar-refractivity contribution is 0.589. The monoisotopic (exact) mass is 974 g/mol. The zero-order valence-corrected chi connectivity index (χ0v) is 47.1. The number of nitrogens with zero attached hydrogens (tertiary/aromatic N) is 1. The summed E-state index contributed by atoms with van der Waals surface area (Å²) in [6, 6.07) is 65.4. The van der Waals surface area contributed by atoms with Gasteiger partial charge >= 0.3 is 0 Å². The van der Waals surface area contributed by atoms with Crippen molar-refractivity contribution in [2.45, 2.75) is 117 Å². The summed E-state index contributed by atoms with van der Waals surface area (Å²) in [4.78, 5) is 2.47. The van der Waals surface area contributed by atoms with Gasteiger partial charge in [-0.05, 0) is 119 Å². The average Bonchev–Trinajstić information content (AvgIpc) is 3.83. The van der Waals surface area contributed by atoms with Crippen molar-refractivity contribution in [2.24, 2.45) is 0 Å². The number of anilines is 3. The zero-order valence-electron chi connectivity index (χ0n) is 45.1. The number of furan rings is 1. The van der Waals surface area contributed by atoms with Gasteiger partial charge in [0.1, 0.15) is 5.58 Å². The molecule has 0 bridgehead atoms. The fourth-order valence-electron chi connectivity index (χ4n) is 11.8. The van der Waals surface area contributed by atoms with Crippen LogP contribution in [-0.2, 0) is 16.2 Å². The molecule has 1 aliphatic carbocycles. The van der Waals surface area contributed by atoms with Crippen LogP contribution in [0.3, 0.4) is 0 Å². The molecule has 1 unspecified atom stereocenters. The van der Waals surface area contributed by atoms with E-state index in [0.717, 1.165) is 33.6 Å². The first-order valence-corrected chi connectivity index (χ1v) is 33.2. The van der Waals surface area contributed by atoms with Crippen LogP contribution in [0.1, 0.15) is 100 Å². The molecule has 0 saturated heterocycles. The highest BCUT2D eigenvalue weighted by Gasteiger charge is 2.42. The molecule has 0 N–H and O–H groups in total. The Balaban J connectivity index is 1.23. The van der Waals surface area contributed by atoms with Crippen molar-refractivity contribution in [1.82, 2.24) is 0 Å². The SMILES string of the molecule is CC(C)(C)c1ccc(C(c2ccc([Si](C)(C)C)cc2)c2ccc3c(c2)oc2c(N(c4ccc(C(C)(C)C)cc4)c4ccc([Si](C)(C)C)cc4)cc4c(c23)-c2c(c3ccccc3c3ccccc23)C4(C)C)cc1. The largest absolute Gasteiger partial charge is 0.454 e. The molecule has 4 heteroatoms. The van der Waals surface area contributed by atoms with E-state index in [-0.39, 0.29) is 22.2 Å². The highest BCUT2D eigenvalue weighted by Crippen LogP contribution is 2.60. The fraction of sp³-hybridized carbons (Fsp3) is 0.265. The third-order valence-electron chi connectivity index (χ3n) is 16.0. The molecule has 1 aromatic heterocycles. The van der Waals surface area contributed by atoms with Crippen LogP contribution >= 0.6 is 0 Å². The Morgan fingerprint density at radius 1 is 0.458 bits per heavy atom. The van der Waals surface area contributed by atoms with Gasteiger partial charge in [-0.3, -0.25) is 0 Å². The Morgan fingerprint density at radius 3 is 1.43 bits per heavy atom. The molecule has 9 aromatic carbocycles. The Kier molecular flexibility index (Phi) is 11.2. The maximum absolute atomic E-state index is 7.63. The van der Waals surface area contributed by atoms with Crippen molar-refractivity contribution >= 4 is 87.1 Å². The van der Waals surface area contributed by atoms with Crippen LogP contribution in [0.15, 0.2) is 174 Å². The van der Waals surface area contributed by atoms with Gasteiger partial charge in [-0.1, -0.05) is 239 Å². The van der Waals surface area contributed by atoms with Crippen LogP contribution in [0.25, 0.3) is 54.6 Å². The van der Waals surface area contributed by atoms with E-state index in [1.165, 1.54) is 87.4 Å². The summed E-state index contributed by atoms with van der Waals surface area (Å²) in [5.74, 6) is 0.00942. The van der Waals surface area contributed by atoms with E-state index in [0.29, 0.717) is 0 Å². The number of fused-ring (bicyclic) bond motifs is 12. The van der Waals surface area contributed by atoms with Gasteiger partial charge in [-0.15, -0.1) is 0 Å². The van der Waals surface area contributed by atoms with E-state index in [1.807, 2.05) is 0 Å². The average molecular weight is 974 g/mol. The van der Waals surface area contributed by atoms with E-state index in [2.05, 4.69) is 269 Å². The molecule has 1 heterocycles. The topological polar surface area (TPSA) is 16.4 Å². The molecule has 2 nitrogen and oxygen atoms in total. The minimum atomic E-state index is -1.58. The third kappa shape index (κ3) is 7.97. The molecule has 0 amide bonds. The van der Waals surface area contributed by atoms with Crippen molar-refractivity contribution in [1.29, 1.82) is 0 Å². The molecular weight excluding hydrogens is 903 g/mol. The molecule has 72 heavy (non-hydrogen) atoms. The van der Waals surface area contributed by atoms with Crippen molar-refractivity contribution in [3.05, 3.63) is 209 Å². The molecule has 10 aromatic rings. The third-order valence-corrected chi connectivity index (χ3v) is 20.1. The maximum Gasteiger partial charge on any atom is 0.160 e. The van der Waals surface area contributed by atoms with Gasteiger partial charge in [-0.25, -0.2) is 0 Å². The summed E-state index contributed by atoms with van der Waals surface area (Å²) in [6.07, 6.45) is 0. The molecule has 1 aliphatic rings. The maximum atomic E-state index is 7.63. The van der Waals surface area contributed by atoms with Gasteiger partial charge in [0, 0.05) is 33.5 Å². The van der Waals surface area contributed by atoms with Gasteiger partial charge in [0.2, 0.25) is 0 Å².